The second-order valence-electron chi connectivity index (χ2n) is 7.27. The molecular weight excluding hydrogens is 294 g/mol. The maximum Gasteiger partial charge on any atom is 0.306 e. The largest absolute Gasteiger partial charge is 0.460 e. The fraction of sp³-hybridized carbons (Fsp3) is 0.706. The molecule has 0 aliphatic carbocycles. The highest BCUT2D eigenvalue weighted by Gasteiger charge is 2.30. The molecule has 1 aliphatic rings. The lowest BCUT2D eigenvalue weighted by Gasteiger charge is -2.37. The van der Waals surface area contributed by atoms with Crippen LogP contribution in [0.15, 0.2) is 18.7 Å². The van der Waals surface area contributed by atoms with Gasteiger partial charge >= 0.3 is 5.97 Å². The van der Waals surface area contributed by atoms with Gasteiger partial charge in [0.25, 0.3) is 0 Å². The van der Waals surface area contributed by atoms with Crippen LogP contribution in [-0.4, -0.2) is 45.0 Å². The number of esters is 1. The molecule has 2 atom stereocenters. The average Bonchev–Trinajstić information content (AvgIpc) is 2.97. The van der Waals surface area contributed by atoms with Crippen molar-refractivity contribution in [2.24, 2.45) is 5.92 Å². The zero-order valence-corrected chi connectivity index (χ0v) is 14.5. The van der Waals surface area contributed by atoms with E-state index in [9.17, 15) is 9.59 Å². The second kappa shape index (κ2) is 7.15. The van der Waals surface area contributed by atoms with Crippen LogP contribution in [0.3, 0.4) is 0 Å². The summed E-state index contributed by atoms with van der Waals surface area (Å²) in [7, 11) is 0. The van der Waals surface area contributed by atoms with E-state index < -0.39 is 5.60 Å². The molecule has 1 amide bonds. The highest BCUT2D eigenvalue weighted by atomic mass is 16.6. The number of hydrogen-bond acceptors (Lipinski definition) is 4. The van der Waals surface area contributed by atoms with Crippen molar-refractivity contribution in [2.45, 2.75) is 58.6 Å². The molecule has 2 heterocycles. The van der Waals surface area contributed by atoms with Gasteiger partial charge in [0.1, 0.15) is 5.60 Å². The van der Waals surface area contributed by atoms with Gasteiger partial charge in [0.15, 0.2) is 0 Å². The van der Waals surface area contributed by atoms with E-state index in [1.807, 2.05) is 31.9 Å². The molecule has 0 unspecified atom stereocenters. The molecule has 0 spiro atoms. The van der Waals surface area contributed by atoms with Crippen molar-refractivity contribution in [1.82, 2.24) is 14.5 Å². The lowest BCUT2D eigenvalue weighted by atomic mass is 9.93. The van der Waals surface area contributed by atoms with Crippen LogP contribution < -0.4 is 0 Å². The van der Waals surface area contributed by atoms with Crippen molar-refractivity contribution >= 4 is 11.9 Å². The molecular formula is C17H27N3O3. The van der Waals surface area contributed by atoms with Gasteiger partial charge in [-0.3, -0.25) is 9.59 Å². The topological polar surface area (TPSA) is 64.4 Å². The molecule has 6 heteroatoms. The quantitative estimate of drug-likeness (QED) is 0.799. The zero-order chi connectivity index (χ0) is 17.0. The van der Waals surface area contributed by atoms with Crippen molar-refractivity contribution in [3.63, 3.8) is 0 Å². The zero-order valence-electron chi connectivity index (χ0n) is 14.5. The third-order valence-corrected chi connectivity index (χ3v) is 4.14. The van der Waals surface area contributed by atoms with E-state index in [4.69, 9.17) is 4.74 Å². The lowest BCUT2D eigenvalue weighted by Crippen LogP contribution is -2.43. The van der Waals surface area contributed by atoms with Gasteiger partial charge in [-0.25, -0.2) is 4.98 Å². The van der Waals surface area contributed by atoms with Gasteiger partial charge in [0.2, 0.25) is 5.91 Å². The molecule has 2 rings (SSSR count). The Morgan fingerprint density at radius 1 is 1.30 bits per heavy atom. The lowest BCUT2D eigenvalue weighted by molar-refractivity contribution is -0.156. The summed E-state index contributed by atoms with van der Waals surface area (Å²) in [4.78, 5) is 30.1. The Bertz CT molecular complexity index is 534. The standard InChI is InChI=1S/C17H27N3O3/c1-13-7-9-19(11-14(13)20-10-8-18-12-20)15(21)5-6-16(22)23-17(2,3)4/h8,10,12-14H,5-7,9,11H2,1-4H3/t13-,14-/m0/s1. The third kappa shape index (κ3) is 5.08. The molecule has 1 fully saturated rings. The molecule has 1 aromatic heterocycles. The summed E-state index contributed by atoms with van der Waals surface area (Å²) in [5.41, 5.74) is -0.507. The minimum atomic E-state index is -0.507. The summed E-state index contributed by atoms with van der Waals surface area (Å²) in [6.45, 7) is 9.11. The Hall–Kier alpha value is -1.85. The van der Waals surface area contributed by atoms with E-state index in [0.29, 0.717) is 12.5 Å². The minimum absolute atomic E-state index is 0.0212. The third-order valence-electron chi connectivity index (χ3n) is 4.14. The molecule has 23 heavy (non-hydrogen) atoms. The fourth-order valence-corrected chi connectivity index (χ4v) is 2.89. The van der Waals surface area contributed by atoms with E-state index in [1.54, 1.807) is 12.5 Å². The van der Waals surface area contributed by atoms with E-state index in [2.05, 4.69) is 16.5 Å². The normalized spacial score (nSPS) is 22.0. The summed E-state index contributed by atoms with van der Waals surface area (Å²) in [5, 5.41) is 0. The van der Waals surface area contributed by atoms with Crippen LogP contribution in [0.25, 0.3) is 0 Å². The molecule has 1 aliphatic heterocycles. The first-order valence-corrected chi connectivity index (χ1v) is 8.23. The number of carbonyl (C=O) groups excluding carboxylic acids is 2. The Balaban J connectivity index is 1.86. The molecule has 6 nitrogen and oxygen atoms in total. The number of aromatic nitrogens is 2. The van der Waals surface area contributed by atoms with Crippen molar-refractivity contribution in [2.75, 3.05) is 13.1 Å². The predicted molar refractivity (Wildman–Crippen MR) is 86.7 cm³/mol. The van der Waals surface area contributed by atoms with E-state index in [0.717, 1.165) is 13.0 Å². The van der Waals surface area contributed by atoms with Gasteiger partial charge < -0.3 is 14.2 Å². The molecule has 0 radical (unpaired) electrons. The number of imidazole rings is 1. The number of nitrogens with zero attached hydrogens (tertiary/aromatic N) is 3. The average molecular weight is 321 g/mol. The van der Waals surface area contributed by atoms with Crippen molar-refractivity contribution in [1.29, 1.82) is 0 Å². The van der Waals surface area contributed by atoms with Crippen LogP contribution in [-0.2, 0) is 14.3 Å². The van der Waals surface area contributed by atoms with Gasteiger partial charge in [-0.05, 0) is 33.1 Å². The summed E-state index contributed by atoms with van der Waals surface area (Å²) in [6, 6.07) is 0.247. The number of likely N-dealkylation sites (tertiary alicyclic amines) is 1. The summed E-state index contributed by atoms with van der Waals surface area (Å²) in [6.07, 6.45) is 6.81. The first-order chi connectivity index (χ1) is 10.8. The highest BCUT2D eigenvalue weighted by Crippen LogP contribution is 2.27. The Morgan fingerprint density at radius 2 is 2.04 bits per heavy atom. The van der Waals surface area contributed by atoms with E-state index in [1.165, 1.54) is 0 Å². The number of ether oxygens (including phenoxy) is 1. The highest BCUT2D eigenvalue weighted by molar-refractivity contribution is 5.81. The van der Waals surface area contributed by atoms with Gasteiger partial charge in [0.05, 0.1) is 18.8 Å². The number of rotatable bonds is 4. The smallest absolute Gasteiger partial charge is 0.306 e. The molecule has 1 saturated heterocycles. The van der Waals surface area contributed by atoms with E-state index >= 15 is 0 Å². The van der Waals surface area contributed by atoms with Crippen LogP contribution in [0.2, 0.25) is 0 Å². The maximum absolute atomic E-state index is 12.4. The van der Waals surface area contributed by atoms with Crippen molar-refractivity contribution in [3.05, 3.63) is 18.7 Å². The molecule has 128 valence electrons. The van der Waals surface area contributed by atoms with Gasteiger partial charge in [-0.2, -0.15) is 0 Å². The van der Waals surface area contributed by atoms with Crippen LogP contribution in [0, 0.1) is 5.92 Å². The SMILES string of the molecule is C[C@H]1CCN(C(=O)CCC(=O)OC(C)(C)C)C[C@@H]1n1ccnc1. The molecule has 0 saturated carbocycles. The van der Waals surface area contributed by atoms with Crippen molar-refractivity contribution < 1.29 is 14.3 Å². The number of carbonyl (C=O) groups is 2. The monoisotopic (exact) mass is 321 g/mol. The van der Waals surface area contributed by atoms with E-state index in [-0.39, 0.29) is 30.8 Å². The summed E-state index contributed by atoms with van der Waals surface area (Å²) >= 11 is 0. The summed E-state index contributed by atoms with van der Waals surface area (Å²) < 4.78 is 7.32. The molecule has 0 N–H and O–H groups in total. The Morgan fingerprint density at radius 3 is 2.65 bits per heavy atom. The van der Waals surface area contributed by atoms with Gasteiger partial charge in [-0.15, -0.1) is 0 Å². The minimum Gasteiger partial charge on any atom is -0.460 e. The fourth-order valence-electron chi connectivity index (χ4n) is 2.89. The van der Waals surface area contributed by atoms with Crippen molar-refractivity contribution in [3.8, 4) is 0 Å². The molecule has 0 aromatic carbocycles. The number of hydrogen-bond donors (Lipinski definition) is 0. The number of amides is 1. The number of piperidine rings is 1. The Labute approximate surface area is 137 Å². The molecule has 0 bridgehead atoms. The van der Waals surface area contributed by atoms with Crippen LogP contribution in [0.4, 0.5) is 0 Å². The molecule has 1 aromatic rings. The van der Waals surface area contributed by atoms with Gasteiger partial charge in [-0.1, -0.05) is 6.92 Å². The van der Waals surface area contributed by atoms with Crippen LogP contribution in [0.1, 0.15) is 53.0 Å². The maximum atomic E-state index is 12.4. The first-order valence-electron chi connectivity index (χ1n) is 8.23. The Kier molecular flexibility index (Phi) is 5.44. The van der Waals surface area contributed by atoms with Crippen LogP contribution in [0.5, 0.6) is 0 Å². The van der Waals surface area contributed by atoms with Crippen LogP contribution >= 0.6 is 0 Å². The first kappa shape index (κ1) is 17.5. The summed E-state index contributed by atoms with van der Waals surface area (Å²) in [5.74, 6) is 0.203. The predicted octanol–water partition coefficient (Wildman–Crippen LogP) is 2.41. The van der Waals surface area contributed by atoms with Gasteiger partial charge in [0, 0.05) is 31.9 Å². The second-order valence-corrected chi connectivity index (χ2v) is 7.27.